The van der Waals surface area contributed by atoms with Gasteiger partial charge in [0.05, 0.1) is 6.61 Å². The van der Waals surface area contributed by atoms with E-state index in [9.17, 15) is 9.90 Å². The van der Waals surface area contributed by atoms with E-state index in [1.54, 1.807) is 13.8 Å². The first-order valence-electron chi connectivity index (χ1n) is 6.24. The summed E-state index contributed by atoms with van der Waals surface area (Å²) >= 11 is 0. The van der Waals surface area contributed by atoms with Gasteiger partial charge < -0.3 is 25.1 Å². The molecule has 2 fully saturated rings. The Morgan fingerprint density at radius 1 is 1.50 bits per heavy atom. The molecule has 0 aromatic carbocycles. The van der Waals surface area contributed by atoms with Gasteiger partial charge in [-0.15, -0.1) is 5.10 Å². The first-order chi connectivity index (χ1) is 9.41. The number of aromatic nitrogens is 3. The largest absolute Gasteiger partial charge is 0.394 e. The van der Waals surface area contributed by atoms with Crippen LogP contribution in [-0.2, 0) is 14.2 Å². The Kier molecular flexibility index (Phi) is 3.01. The van der Waals surface area contributed by atoms with Crippen molar-refractivity contribution in [3.63, 3.8) is 0 Å². The number of ether oxygens (including phenoxy) is 3. The van der Waals surface area contributed by atoms with Crippen molar-refractivity contribution in [2.75, 3.05) is 6.61 Å². The lowest BCUT2D eigenvalue weighted by Gasteiger charge is -2.23. The zero-order valence-electron chi connectivity index (χ0n) is 11.1. The fraction of sp³-hybridized carbons (Fsp3) is 0.727. The molecule has 0 aliphatic carbocycles. The highest BCUT2D eigenvalue weighted by Crippen LogP contribution is 2.42. The van der Waals surface area contributed by atoms with Crippen LogP contribution in [-0.4, -0.2) is 56.5 Å². The highest BCUT2D eigenvalue weighted by molar-refractivity contribution is 5.88. The maximum Gasteiger partial charge on any atom is 0.288 e. The SMILES string of the molecule is CC1(C)OC2[C@@H](O1)[C@@H](CO)O[C@H]2n1cnc(C(N)=O)n1. The predicted molar refractivity (Wildman–Crippen MR) is 63.4 cm³/mol. The van der Waals surface area contributed by atoms with Crippen molar-refractivity contribution >= 4 is 5.91 Å². The number of nitrogens with two attached hydrogens (primary N) is 1. The Bertz CT molecular complexity index is 531. The average Bonchev–Trinajstić information content (AvgIpc) is 3.01. The molecule has 3 rings (SSSR count). The van der Waals surface area contributed by atoms with E-state index in [0.29, 0.717) is 0 Å². The van der Waals surface area contributed by atoms with Crippen molar-refractivity contribution in [1.29, 1.82) is 0 Å². The number of carbonyl (C=O) groups is 1. The van der Waals surface area contributed by atoms with E-state index in [0.717, 1.165) is 0 Å². The molecule has 0 bridgehead atoms. The molecule has 0 spiro atoms. The predicted octanol–water partition coefficient (Wildman–Crippen LogP) is -1.21. The van der Waals surface area contributed by atoms with Crippen LogP contribution in [0, 0.1) is 0 Å². The summed E-state index contributed by atoms with van der Waals surface area (Å²) in [6.07, 6.45) is -0.644. The lowest BCUT2D eigenvalue weighted by Crippen LogP contribution is -2.31. The van der Waals surface area contributed by atoms with E-state index in [4.69, 9.17) is 19.9 Å². The van der Waals surface area contributed by atoms with Crippen molar-refractivity contribution in [2.24, 2.45) is 5.73 Å². The normalized spacial score (nSPS) is 35.1. The van der Waals surface area contributed by atoms with E-state index in [1.165, 1.54) is 11.0 Å². The van der Waals surface area contributed by atoms with Gasteiger partial charge in [0.15, 0.2) is 12.0 Å². The molecular weight excluding hydrogens is 268 g/mol. The van der Waals surface area contributed by atoms with Crippen molar-refractivity contribution in [3.8, 4) is 0 Å². The molecule has 2 aliphatic heterocycles. The number of nitrogens with zero attached hydrogens (tertiary/aromatic N) is 3. The van der Waals surface area contributed by atoms with Gasteiger partial charge in [0.1, 0.15) is 24.6 Å². The molecule has 1 amide bonds. The molecule has 2 saturated heterocycles. The highest BCUT2D eigenvalue weighted by atomic mass is 16.8. The van der Waals surface area contributed by atoms with Gasteiger partial charge in [-0.3, -0.25) is 4.79 Å². The summed E-state index contributed by atoms with van der Waals surface area (Å²) in [6, 6.07) is 0. The summed E-state index contributed by atoms with van der Waals surface area (Å²) < 4.78 is 18.5. The van der Waals surface area contributed by atoms with Gasteiger partial charge in [0, 0.05) is 0 Å². The molecule has 0 radical (unpaired) electrons. The molecule has 3 heterocycles. The number of rotatable bonds is 3. The summed E-state index contributed by atoms with van der Waals surface area (Å²) in [5, 5.41) is 13.3. The van der Waals surface area contributed by atoms with Gasteiger partial charge in [0.25, 0.3) is 5.91 Å². The number of amides is 1. The first-order valence-corrected chi connectivity index (χ1v) is 6.24. The van der Waals surface area contributed by atoms with Gasteiger partial charge in [-0.25, -0.2) is 9.67 Å². The van der Waals surface area contributed by atoms with Crippen LogP contribution in [0.2, 0.25) is 0 Å². The number of hydrogen-bond donors (Lipinski definition) is 2. The fourth-order valence-electron chi connectivity index (χ4n) is 2.53. The van der Waals surface area contributed by atoms with Gasteiger partial charge >= 0.3 is 0 Å². The van der Waals surface area contributed by atoms with E-state index >= 15 is 0 Å². The van der Waals surface area contributed by atoms with Gasteiger partial charge in [-0.05, 0) is 13.8 Å². The molecule has 3 N–H and O–H groups in total. The van der Waals surface area contributed by atoms with E-state index < -0.39 is 36.2 Å². The molecule has 1 aromatic heterocycles. The second-order valence-electron chi connectivity index (χ2n) is 5.22. The second kappa shape index (κ2) is 4.48. The summed E-state index contributed by atoms with van der Waals surface area (Å²) in [5.41, 5.74) is 5.12. The third-order valence-corrected chi connectivity index (χ3v) is 3.29. The number of primary amides is 1. The molecular formula is C11H16N4O5. The quantitative estimate of drug-likeness (QED) is 0.713. The Morgan fingerprint density at radius 2 is 2.20 bits per heavy atom. The Balaban J connectivity index is 1.87. The van der Waals surface area contributed by atoms with Crippen molar-refractivity contribution in [2.45, 2.75) is 44.2 Å². The molecule has 4 atom stereocenters. The number of aliphatic hydroxyl groups excluding tert-OH is 1. The van der Waals surface area contributed by atoms with Crippen molar-refractivity contribution < 1.29 is 24.1 Å². The molecule has 2 aliphatic rings. The molecule has 110 valence electrons. The molecule has 0 saturated carbocycles. The van der Waals surface area contributed by atoms with E-state index in [1.807, 2.05) is 0 Å². The lowest BCUT2D eigenvalue weighted by atomic mass is 10.1. The smallest absolute Gasteiger partial charge is 0.288 e. The summed E-state index contributed by atoms with van der Waals surface area (Å²) in [5.74, 6) is -1.59. The van der Waals surface area contributed by atoms with Gasteiger partial charge in [0.2, 0.25) is 5.82 Å². The minimum absolute atomic E-state index is 0.101. The van der Waals surface area contributed by atoms with Crippen LogP contribution in [0.1, 0.15) is 30.7 Å². The maximum absolute atomic E-state index is 11.0. The Morgan fingerprint density at radius 3 is 2.80 bits per heavy atom. The van der Waals surface area contributed by atoms with Crippen LogP contribution in [0.4, 0.5) is 0 Å². The molecule has 1 aromatic rings. The highest BCUT2D eigenvalue weighted by Gasteiger charge is 2.56. The maximum atomic E-state index is 11.0. The molecule has 9 nitrogen and oxygen atoms in total. The minimum Gasteiger partial charge on any atom is -0.394 e. The first kappa shape index (κ1) is 13.4. The minimum atomic E-state index is -0.766. The lowest BCUT2D eigenvalue weighted by molar-refractivity contribution is -0.201. The van der Waals surface area contributed by atoms with E-state index in [2.05, 4.69) is 10.1 Å². The topological polar surface area (TPSA) is 122 Å². The third kappa shape index (κ3) is 2.08. The standard InChI is InChI=1S/C11H16N4O5/c1-11(2)19-6-5(3-16)18-10(7(6)20-11)15-4-13-9(14-15)8(12)17/h4-7,10,16H,3H2,1-2H3,(H2,12,17)/t5-,6+,7?,10-/m1/s1. The monoisotopic (exact) mass is 284 g/mol. The second-order valence-corrected chi connectivity index (χ2v) is 5.22. The molecule has 1 unspecified atom stereocenters. The third-order valence-electron chi connectivity index (χ3n) is 3.29. The Hall–Kier alpha value is -1.55. The fourth-order valence-corrected chi connectivity index (χ4v) is 2.53. The number of hydrogen-bond acceptors (Lipinski definition) is 7. The van der Waals surface area contributed by atoms with Gasteiger partial charge in [-0.1, -0.05) is 0 Å². The van der Waals surface area contributed by atoms with E-state index in [-0.39, 0.29) is 12.4 Å². The summed E-state index contributed by atoms with van der Waals surface area (Å²) in [6.45, 7) is 3.37. The van der Waals surface area contributed by atoms with Crippen molar-refractivity contribution in [3.05, 3.63) is 12.2 Å². The average molecular weight is 284 g/mol. The summed E-state index contributed by atoms with van der Waals surface area (Å²) in [4.78, 5) is 14.8. The van der Waals surface area contributed by atoms with Crippen molar-refractivity contribution in [1.82, 2.24) is 14.8 Å². The van der Waals surface area contributed by atoms with Crippen LogP contribution >= 0.6 is 0 Å². The van der Waals surface area contributed by atoms with Crippen LogP contribution in [0.3, 0.4) is 0 Å². The number of carbonyl (C=O) groups excluding carboxylic acids is 1. The van der Waals surface area contributed by atoms with Crippen LogP contribution in [0.5, 0.6) is 0 Å². The van der Waals surface area contributed by atoms with Gasteiger partial charge in [-0.2, -0.15) is 0 Å². The Labute approximate surface area is 114 Å². The zero-order valence-corrected chi connectivity index (χ0v) is 11.1. The molecule has 9 heteroatoms. The zero-order chi connectivity index (χ0) is 14.5. The number of aliphatic hydroxyl groups is 1. The van der Waals surface area contributed by atoms with Crippen LogP contribution in [0.25, 0.3) is 0 Å². The van der Waals surface area contributed by atoms with Crippen LogP contribution < -0.4 is 5.73 Å². The molecule has 20 heavy (non-hydrogen) atoms. The summed E-state index contributed by atoms with van der Waals surface area (Å²) in [7, 11) is 0. The van der Waals surface area contributed by atoms with Crippen LogP contribution in [0.15, 0.2) is 6.33 Å². The number of fused-ring (bicyclic) bond motifs is 1.